The van der Waals surface area contributed by atoms with Gasteiger partial charge in [-0.2, -0.15) is 0 Å². The lowest BCUT2D eigenvalue weighted by atomic mass is 9.95. The van der Waals surface area contributed by atoms with Gasteiger partial charge in [-0.05, 0) is 63.2 Å². The first-order valence-electron chi connectivity index (χ1n) is 10.0. The summed E-state index contributed by atoms with van der Waals surface area (Å²) >= 11 is 0. The number of fused-ring (bicyclic) bond motifs is 1. The standard InChI is InChI=1S/C22H25N5O/c1-26-12-9-18(10-13-26)27-22(24-21(25-27)19-7-4-5-11-23-19)17-14-16-6-2-3-8-20(16)28-15-17/h2-8,11,17-18H,9-10,12-15H2,1H3. The van der Waals surface area contributed by atoms with Crippen LogP contribution in [-0.2, 0) is 6.42 Å². The number of hydrogen-bond acceptors (Lipinski definition) is 5. The van der Waals surface area contributed by atoms with Gasteiger partial charge in [-0.15, -0.1) is 5.10 Å². The lowest BCUT2D eigenvalue weighted by Gasteiger charge is -2.31. The van der Waals surface area contributed by atoms with Crippen molar-refractivity contribution in [2.75, 3.05) is 26.7 Å². The van der Waals surface area contributed by atoms with Crippen molar-refractivity contribution >= 4 is 0 Å². The Morgan fingerprint density at radius 3 is 2.68 bits per heavy atom. The second-order valence-electron chi connectivity index (χ2n) is 7.81. The number of pyridine rings is 1. The van der Waals surface area contributed by atoms with Gasteiger partial charge in [-0.25, -0.2) is 9.67 Å². The lowest BCUT2D eigenvalue weighted by Crippen LogP contribution is -2.33. The van der Waals surface area contributed by atoms with Crippen LogP contribution in [-0.4, -0.2) is 51.4 Å². The topological polar surface area (TPSA) is 56.1 Å². The number of likely N-dealkylation sites (tertiary alicyclic amines) is 1. The second-order valence-corrected chi connectivity index (χ2v) is 7.81. The number of benzene rings is 1. The van der Waals surface area contributed by atoms with E-state index >= 15 is 0 Å². The molecule has 0 amide bonds. The maximum atomic E-state index is 6.06. The van der Waals surface area contributed by atoms with Crippen molar-refractivity contribution in [3.63, 3.8) is 0 Å². The predicted octanol–water partition coefficient (Wildman–Crippen LogP) is 3.33. The van der Waals surface area contributed by atoms with Crippen molar-refractivity contribution in [3.8, 4) is 17.3 Å². The van der Waals surface area contributed by atoms with Crippen molar-refractivity contribution < 1.29 is 4.74 Å². The third-order valence-corrected chi connectivity index (χ3v) is 5.83. The minimum Gasteiger partial charge on any atom is -0.493 e. The molecule has 0 bridgehead atoms. The summed E-state index contributed by atoms with van der Waals surface area (Å²) < 4.78 is 8.24. The minimum absolute atomic E-state index is 0.208. The molecule has 1 fully saturated rings. The van der Waals surface area contributed by atoms with E-state index < -0.39 is 0 Å². The monoisotopic (exact) mass is 375 g/mol. The fraction of sp³-hybridized carbons (Fsp3) is 0.409. The van der Waals surface area contributed by atoms with E-state index in [2.05, 4.69) is 33.7 Å². The smallest absolute Gasteiger partial charge is 0.200 e. The molecule has 3 aromatic rings. The van der Waals surface area contributed by atoms with Gasteiger partial charge in [0.05, 0.1) is 18.6 Å². The molecule has 6 heteroatoms. The highest BCUT2D eigenvalue weighted by Gasteiger charge is 2.30. The summed E-state index contributed by atoms with van der Waals surface area (Å²) in [6, 6.07) is 14.6. The van der Waals surface area contributed by atoms with Gasteiger partial charge in [-0.3, -0.25) is 4.98 Å². The number of para-hydroxylation sites is 1. The van der Waals surface area contributed by atoms with Gasteiger partial charge in [0.25, 0.3) is 0 Å². The van der Waals surface area contributed by atoms with E-state index in [1.165, 1.54) is 5.56 Å². The predicted molar refractivity (Wildman–Crippen MR) is 107 cm³/mol. The van der Waals surface area contributed by atoms with Gasteiger partial charge in [0.1, 0.15) is 17.3 Å². The highest BCUT2D eigenvalue weighted by Crippen LogP contribution is 2.34. The summed E-state index contributed by atoms with van der Waals surface area (Å²) in [7, 11) is 2.18. The fourth-order valence-electron chi connectivity index (χ4n) is 4.22. The maximum absolute atomic E-state index is 6.06. The average molecular weight is 375 g/mol. The van der Waals surface area contributed by atoms with Crippen LogP contribution in [0.5, 0.6) is 5.75 Å². The van der Waals surface area contributed by atoms with Gasteiger partial charge in [0, 0.05) is 6.20 Å². The van der Waals surface area contributed by atoms with E-state index in [0.29, 0.717) is 18.5 Å². The molecule has 1 atom stereocenters. The van der Waals surface area contributed by atoms with Crippen molar-refractivity contribution in [1.29, 1.82) is 0 Å². The molecule has 2 aliphatic heterocycles. The molecule has 5 rings (SSSR count). The van der Waals surface area contributed by atoms with E-state index in [9.17, 15) is 0 Å². The quantitative estimate of drug-likeness (QED) is 0.703. The average Bonchev–Trinajstić information content (AvgIpc) is 3.20. The molecule has 0 saturated carbocycles. The van der Waals surface area contributed by atoms with Crippen LogP contribution in [0.3, 0.4) is 0 Å². The number of rotatable bonds is 3. The van der Waals surface area contributed by atoms with Crippen LogP contribution in [0.1, 0.15) is 36.2 Å². The molecule has 2 aromatic heterocycles. The third-order valence-electron chi connectivity index (χ3n) is 5.83. The Morgan fingerprint density at radius 1 is 1.04 bits per heavy atom. The number of aromatic nitrogens is 4. The molecule has 1 saturated heterocycles. The fourth-order valence-corrected chi connectivity index (χ4v) is 4.22. The summed E-state index contributed by atoms with van der Waals surface area (Å²) in [5.41, 5.74) is 2.07. The minimum atomic E-state index is 0.208. The Labute approximate surface area is 165 Å². The summed E-state index contributed by atoms with van der Waals surface area (Å²) in [4.78, 5) is 11.8. The Morgan fingerprint density at radius 2 is 1.86 bits per heavy atom. The zero-order valence-corrected chi connectivity index (χ0v) is 16.2. The van der Waals surface area contributed by atoms with Gasteiger partial charge < -0.3 is 9.64 Å². The Balaban J connectivity index is 1.51. The summed E-state index contributed by atoms with van der Waals surface area (Å²) in [6.45, 7) is 2.82. The highest BCUT2D eigenvalue weighted by atomic mass is 16.5. The normalized spacial score (nSPS) is 20.5. The molecule has 0 spiro atoms. The largest absolute Gasteiger partial charge is 0.493 e. The van der Waals surface area contributed by atoms with Crippen molar-refractivity contribution in [1.82, 2.24) is 24.6 Å². The molecular formula is C22H25N5O. The Bertz CT molecular complexity index is 947. The van der Waals surface area contributed by atoms with Gasteiger partial charge in [0.2, 0.25) is 0 Å². The molecule has 6 nitrogen and oxygen atoms in total. The Hall–Kier alpha value is -2.73. The number of ether oxygens (including phenoxy) is 1. The van der Waals surface area contributed by atoms with Crippen LogP contribution in [0.25, 0.3) is 11.5 Å². The Kier molecular flexibility index (Phi) is 4.56. The van der Waals surface area contributed by atoms with Gasteiger partial charge in [-0.1, -0.05) is 24.3 Å². The molecule has 28 heavy (non-hydrogen) atoms. The van der Waals surface area contributed by atoms with E-state index in [1.54, 1.807) is 6.20 Å². The SMILES string of the molecule is CN1CCC(n2nc(-c3ccccn3)nc2C2COc3ccccc3C2)CC1. The first kappa shape index (κ1) is 17.4. The van der Waals surface area contributed by atoms with Gasteiger partial charge in [0.15, 0.2) is 5.82 Å². The number of piperidine rings is 1. The second kappa shape index (κ2) is 7.36. The third kappa shape index (κ3) is 3.29. The number of nitrogens with zero attached hydrogens (tertiary/aromatic N) is 5. The summed E-state index contributed by atoms with van der Waals surface area (Å²) in [5, 5.41) is 4.93. The molecule has 1 unspecified atom stereocenters. The molecule has 0 N–H and O–H groups in total. The van der Waals surface area contributed by atoms with E-state index in [-0.39, 0.29) is 5.92 Å². The van der Waals surface area contributed by atoms with Crippen LogP contribution in [0.15, 0.2) is 48.7 Å². The maximum Gasteiger partial charge on any atom is 0.200 e. The first-order valence-corrected chi connectivity index (χ1v) is 10.0. The lowest BCUT2D eigenvalue weighted by molar-refractivity contribution is 0.200. The van der Waals surface area contributed by atoms with Crippen LogP contribution in [0, 0.1) is 0 Å². The van der Waals surface area contributed by atoms with Crippen molar-refractivity contribution in [3.05, 3.63) is 60.0 Å². The van der Waals surface area contributed by atoms with Crippen molar-refractivity contribution in [2.24, 2.45) is 0 Å². The zero-order valence-electron chi connectivity index (χ0n) is 16.2. The van der Waals surface area contributed by atoms with Crippen molar-refractivity contribution in [2.45, 2.75) is 31.2 Å². The van der Waals surface area contributed by atoms with E-state index in [0.717, 1.165) is 49.6 Å². The molecule has 0 radical (unpaired) electrons. The van der Waals surface area contributed by atoms with Crippen LogP contribution in [0.4, 0.5) is 0 Å². The van der Waals surface area contributed by atoms with E-state index in [4.69, 9.17) is 14.8 Å². The zero-order chi connectivity index (χ0) is 18.9. The molecule has 0 aliphatic carbocycles. The molecular weight excluding hydrogens is 350 g/mol. The van der Waals surface area contributed by atoms with Gasteiger partial charge >= 0.3 is 0 Å². The van der Waals surface area contributed by atoms with E-state index in [1.807, 2.05) is 30.3 Å². The van der Waals surface area contributed by atoms with Crippen LogP contribution in [0.2, 0.25) is 0 Å². The van der Waals surface area contributed by atoms with Crippen LogP contribution >= 0.6 is 0 Å². The molecule has 144 valence electrons. The first-order chi connectivity index (χ1) is 13.8. The van der Waals surface area contributed by atoms with Crippen LogP contribution < -0.4 is 4.74 Å². The number of hydrogen-bond donors (Lipinski definition) is 0. The highest BCUT2D eigenvalue weighted by molar-refractivity contribution is 5.48. The molecule has 4 heterocycles. The molecule has 1 aromatic carbocycles. The summed E-state index contributed by atoms with van der Waals surface area (Å²) in [6.07, 6.45) is 4.92. The molecule has 2 aliphatic rings. The summed E-state index contributed by atoms with van der Waals surface area (Å²) in [5.74, 6) is 2.95.